The molecule has 1 aromatic heterocycles. The van der Waals surface area contributed by atoms with E-state index in [9.17, 15) is 4.79 Å². The lowest BCUT2D eigenvalue weighted by Crippen LogP contribution is -2.48. The molecule has 23 heavy (non-hydrogen) atoms. The number of carbonyl (C=O) groups excluding carboxylic acids is 1. The van der Waals surface area contributed by atoms with Crippen LogP contribution in [-0.2, 0) is 11.3 Å². The topological polar surface area (TPSA) is 86.5 Å². The largest absolute Gasteiger partial charge is 0.497 e. The maximum Gasteiger partial charge on any atom is 0.239 e. The van der Waals surface area contributed by atoms with Crippen LogP contribution >= 0.6 is 0 Å². The first-order chi connectivity index (χ1) is 10.9. The second-order valence-electron chi connectivity index (χ2n) is 5.68. The van der Waals surface area contributed by atoms with Gasteiger partial charge in [-0.05, 0) is 49.7 Å². The van der Waals surface area contributed by atoms with Crippen LogP contribution in [0.25, 0.3) is 0 Å². The van der Waals surface area contributed by atoms with Crippen molar-refractivity contribution in [2.75, 3.05) is 7.11 Å². The lowest BCUT2D eigenvalue weighted by Gasteiger charge is -2.17. The predicted molar refractivity (Wildman–Crippen MR) is 87.4 cm³/mol. The van der Waals surface area contributed by atoms with Crippen LogP contribution in [0.15, 0.2) is 42.6 Å². The molecular weight excluding hydrogens is 294 g/mol. The first-order valence-corrected chi connectivity index (χ1v) is 7.22. The van der Waals surface area contributed by atoms with Crippen molar-refractivity contribution >= 4 is 5.91 Å². The molecule has 1 aromatic carbocycles. The average Bonchev–Trinajstić information content (AvgIpc) is 2.53. The van der Waals surface area contributed by atoms with Crippen molar-refractivity contribution in [3.63, 3.8) is 0 Å². The Hall–Kier alpha value is -2.60. The molecule has 0 fully saturated rings. The Morgan fingerprint density at radius 1 is 1.22 bits per heavy atom. The maximum absolute atomic E-state index is 11.8. The molecule has 0 bridgehead atoms. The summed E-state index contributed by atoms with van der Waals surface area (Å²) >= 11 is 0. The Morgan fingerprint density at radius 2 is 1.87 bits per heavy atom. The first-order valence-electron chi connectivity index (χ1n) is 7.22. The standard InChI is InChI=1S/C17H21N3O3/c1-17(2,18)16(21)20-11-12-8-9-19-15(10-12)23-14-6-4-13(22-3)5-7-14/h4-10H,11,18H2,1-3H3,(H,20,21). The Labute approximate surface area is 135 Å². The van der Waals surface area contributed by atoms with Gasteiger partial charge < -0.3 is 20.5 Å². The molecule has 0 saturated carbocycles. The molecule has 2 aromatic rings. The van der Waals surface area contributed by atoms with Crippen molar-refractivity contribution in [1.82, 2.24) is 10.3 Å². The van der Waals surface area contributed by atoms with E-state index in [1.165, 1.54) is 0 Å². The van der Waals surface area contributed by atoms with Crippen LogP contribution in [0.4, 0.5) is 0 Å². The van der Waals surface area contributed by atoms with Gasteiger partial charge in [-0.1, -0.05) is 0 Å². The Kier molecular flexibility index (Phi) is 5.18. The molecule has 0 radical (unpaired) electrons. The Morgan fingerprint density at radius 3 is 2.48 bits per heavy atom. The summed E-state index contributed by atoms with van der Waals surface area (Å²) in [7, 11) is 1.61. The highest BCUT2D eigenvalue weighted by Gasteiger charge is 2.21. The first kappa shape index (κ1) is 16.8. The Balaban J connectivity index is 2.00. The molecule has 1 amide bonds. The second kappa shape index (κ2) is 7.11. The van der Waals surface area contributed by atoms with Crippen molar-refractivity contribution in [3.8, 4) is 17.4 Å². The number of methoxy groups -OCH3 is 1. The zero-order valence-corrected chi connectivity index (χ0v) is 13.5. The van der Waals surface area contributed by atoms with Gasteiger partial charge >= 0.3 is 0 Å². The molecule has 0 saturated heterocycles. The molecule has 0 aliphatic carbocycles. The number of amides is 1. The third kappa shape index (κ3) is 4.96. The number of carbonyl (C=O) groups is 1. The number of aromatic nitrogens is 1. The third-order valence-electron chi connectivity index (χ3n) is 3.12. The minimum absolute atomic E-state index is 0.216. The van der Waals surface area contributed by atoms with Gasteiger partial charge in [0, 0.05) is 18.8 Å². The molecule has 0 unspecified atom stereocenters. The molecule has 3 N–H and O–H groups in total. The molecule has 0 spiro atoms. The summed E-state index contributed by atoms with van der Waals surface area (Å²) < 4.78 is 10.8. The van der Waals surface area contributed by atoms with Gasteiger partial charge in [0.1, 0.15) is 11.5 Å². The summed E-state index contributed by atoms with van der Waals surface area (Å²) in [4.78, 5) is 15.9. The fourth-order valence-corrected chi connectivity index (χ4v) is 1.79. The van der Waals surface area contributed by atoms with E-state index >= 15 is 0 Å². The quantitative estimate of drug-likeness (QED) is 0.853. The van der Waals surface area contributed by atoms with Crippen LogP contribution in [0.2, 0.25) is 0 Å². The molecule has 1 heterocycles. The number of hydrogen-bond donors (Lipinski definition) is 2. The zero-order chi connectivity index (χ0) is 16.9. The van der Waals surface area contributed by atoms with Gasteiger partial charge in [-0.2, -0.15) is 0 Å². The molecule has 0 aliphatic heterocycles. The molecule has 0 aliphatic rings. The van der Waals surface area contributed by atoms with Crippen molar-refractivity contribution < 1.29 is 14.3 Å². The summed E-state index contributed by atoms with van der Waals surface area (Å²) in [5, 5.41) is 2.78. The second-order valence-corrected chi connectivity index (χ2v) is 5.68. The average molecular weight is 315 g/mol. The normalized spacial score (nSPS) is 11.0. The van der Waals surface area contributed by atoms with Gasteiger partial charge in [0.15, 0.2) is 0 Å². The number of rotatable bonds is 6. The van der Waals surface area contributed by atoms with Crippen LogP contribution in [0.1, 0.15) is 19.4 Å². The molecule has 6 nitrogen and oxygen atoms in total. The maximum atomic E-state index is 11.8. The van der Waals surface area contributed by atoms with Crippen LogP contribution in [0, 0.1) is 0 Å². The van der Waals surface area contributed by atoms with Gasteiger partial charge in [-0.15, -0.1) is 0 Å². The van der Waals surface area contributed by atoms with Gasteiger partial charge in [0.25, 0.3) is 0 Å². The minimum atomic E-state index is -0.907. The molecule has 6 heteroatoms. The SMILES string of the molecule is COc1ccc(Oc2cc(CNC(=O)C(C)(C)N)ccn2)cc1. The van der Waals surface area contributed by atoms with E-state index in [1.54, 1.807) is 45.4 Å². The van der Waals surface area contributed by atoms with Crippen LogP contribution < -0.4 is 20.5 Å². The highest BCUT2D eigenvalue weighted by Crippen LogP contribution is 2.22. The van der Waals surface area contributed by atoms with E-state index in [0.29, 0.717) is 18.2 Å². The van der Waals surface area contributed by atoms with E-state index in [-0.39, 0.29) is 5.91 Å². The Bertz CT molecular complexity index is 664. The summed E-state index contributed by atoms with van der Waals surface area (Å²) in [6, 6.07) is 10.8. The predicted octanol–water partition coefficient (Wildman–Crippen LogP) is 2.24. The molecule has 122 valence electrons. The van der Waals surface area contributed by atoms with Crippen LogP contribution in [0.3, 0.4) is 0 Å². The van der Waals surface area contributed by atoms with Crippen molar-refractivity contribution in [2.24, 2.45) is 5.73 Å². The number of pyridine rings is 1. The van der Waals surface area contributed by atoms with Crippen molar-refractivity contribution in [2.45, 2.75) is 25.9 Å². The highest BCUT2D eigenvalue weighted by molar-refractivity contribution is 5.84. The van der Waals surface area contributed by atoms with E-state index in [1.807, 2.05) is 18.2 Å². The molecular formula is C17H21N3O3. The highest BCUT2D eigenvalue weighted by atomic mass is 16.5. The number of hydrogen-bond acceptors (Lipinski definition) is 5. The monoisotopic (exact) mass is 315 g/mol. The lowest BCUT2D eigenvalue weighted by molar-refractivity contribution is -0.125. The van der Waals surface area contributed by atoms with Crippen molar-refractivity contribution in [1.29, 1.82) is 0 Å². The van der Waals surface area contributed by atoms with E-state index < -0.39 is 5.54 Å². The minimum Gasteiger partial charge on any atom is -0.497 e. The van der Waals surface area contributed by atoms with Gasteiger partial charge in [-0.25, -0.2) is 4.98 Å². The smallest absolute Gasteiger partial charge is 0.239 e. The molecule has 0 atom stereocenters. The zero-order valence-electron chi connectivity index (χ0n) is 13.5. The van der Waals surface area contributed by atoms with E-state index in [4.69, 9.17) is 15.2 Å². The van der Waals surface area contributed by atoms with Crippen molar-refractivity contribution in [3.05, 3.63) is 48.2 Å². The number of nitrogens with zero attached hydrogens (tertiary/aromatic N) is 1. The number of ether oxygens (including phenoxy) is 2. The van der Waals surface area contributed by atoms with Gasteiger partial charge in [0.05, 0.1) is 12.6 Å². The van der Waals surface area contributed by atoms with Gasteiger partial charge in [-0.3, -0.25) is 4.79 Å². The summed E-state index contributed by atoms with van der Waals surface area (Å²) in [6.45, 7) is 3.68. The fraction of sp³-hybridized carbons (Fsp3) is 0.294. The summed E-state index contributed by atoms with van der Waals surface area (Å²) in [5.41, 5.74) is 5.71. The third-order valence-corrected chi connectivity index (χ3v) is 3.12. The van der Waals surface area contributed by atoms with E-state index in [2.05, 4.69) is 10.3 Å². The van der Waals surface area contributed by atoms with Gasteiger partial charge in [0.2, 0.25) is 11.8 Å². The number of nitrogens with one attached hydrogen (secondary N) is 1. The van der Waals surface area contributed by atoms with Crippen LogP contribution in [0.5, 0.6) is 17.4 Å². The lowest BCUT2D eigenvalue weighted by atomic mass is 10.1. The number of nitrogens with two attached hydrogens (primary N) is 1. The number of benzene rings is 1. The van der Waals surface area contributed by atoms with Crippen LogP contribution in [-0.4, -0.2) is 23.5 Å². The summed E-state index contributed by atoms with van der Waals surface area (Å²) in [6.07, 6.45) is 1.63. The fourth-order valence-electron chi connectivity index (χ4n) is 1.79. The molecule has 2 rings (SSSR count). The summed E-state index contributed by atoms with van der Waals surface area (Å²) in [5.74, 6) is 1.65. The van der Waals surface area contributed by atoms with E-state index in [0.717, 1.165) is 11.3 Å².